The highest BCUT2D eigenvalue weighted by Crippen LogP contribution is 2.35. The van der Waals surface area contributed by atoms with Gasteiger partial charge in [0, 0.05) is 36.3 Å². The fraction of sp³-hybridized carbons (Fsp3) is 0.440. The number of methoxy groups -OCH3 is 3. The smallest absolute Gasteiger partial charge is 0.129 e. The van der Waals surface area contributed by atoms with Crippen LogP contribution in [0.15, 0.2) is 42.5 Å². The zero-order valence-corrected chi connectivity index (χ0v) is 17.8. The highest BCUT2D eigenvalue weighted by atomic mass is 16.5. The third-order valence-electron chi connectivity index (χ3n) is 4.66. The average Bonchev–Trinajstić information content (AvgIpc) is 2.77. The van der Waals surface area contributed by atoms with Gasteiger partial charge in [-0.1, -0.05) is 42.9 Å². The van der Waals surface area contributed by atoms with E-state index >= 15 is 0 Å². The maximum atomic E-state index is 5.68. The second-order valence-corrected chi connectivity index (χ2v) is 6.70. The molecule has 0 bridgehead atoms. The van der Waals surface area contributed by atoms with Gasteiger partial charge >= 0.3 is 0 Å². The Morgan fingerprint density at radius 2 is 1.45 bits per heavy atom. The molecule has 0 aromatic heterocycles. The summed E-state index contributed by atoms with van der Waals surface area (Å²) in [5, 5.41) is 0. The molecule has 4 nitrogen and oxygen atoms in total. The van der Waals surface area contributed by atoms with E-state index in [4.69, 9.17) is 18.9 Å². The molecule has 156 valence electrons. The van der Waals surface area contributed by atoms with Gasteiger partial charge in [0.25, 0.3) is 0 Å². The molecule has 4 heteroatoms. The van der Waals surface area contributed by atoms with E-state index in [9.17, 15) is 0 Å². The zero-order valence-electron chi connectivity index (χ0n) is 17.8. The minimum atomic E-state index is 0.695. The molecule has 2 aromatic rings. The highest BCUT2D eigenvalue weighted by molar-refractivity contribution is 5.50. The number of hydrogen-bond donors (Lipinski definition) is 0. The summed E-state index contributed by atoms with van der Waals surface area (Å²) < 4.78 is 22.0. The van der Waals surface area contributed by atoms with Gasteiger partial charge in [0.15, 0.2) is 0 Å². The molecule has 0 aliphatic heterocycles. The maximum Gasteiger partial charge on any atom is 0.129 e. The lowest BCUT2D eigenvalue weighted by atomic mass is 10.0. The SMILES string of the molecule is COc1cc(OC)c(CCCCCCOCCC#Cc2ccccc2)c(OC)c1. The summed E-state index contributed by atoms with van der Waals surface area (Å²) >= 11 is 0. The van der Waals surface area contributed by atoms with Crippen molar-refractivity contribution in [1.82, 2.24) is 0 Å². The van der Waals surface area contributed by atoms with Crippen molar-refractivity contribution < 1.29 is 18.9 Å². The van der Waals surface area contributed by atoms with Crippen LogP contribution in [0, 0.1) is 11.8 Å². The minimum absolute atomic E-state index is 0.695. The van der Waals surface area contributed by atoms with Gasteiger partial charge in [-0.15, -0.1) is 0 Å². The Kier molecular flexibility index (Phi) is 10.6. The summed E-state index contributed by atoms with van der Waals surface area (Å²) in [5.74, 6) is 8.68. The first kappa shape index (κ1) is 22.6. The lowest BCUT2D eigenvalue weighted by molar-refractivity contribution is 0.135. The Morgan fingerprint density at radius 3 is 2.10 bits per heavy atom. The van der Waals surface area contributed by atoms with Crippen molar-refractivity contribution in [3.63, 3.8) is 0 Å². The highest BCUT2D eigenvalue weighted by Gasteiger charge is 2.12. The van der Waals surface area contributed by atoms with E-state index in [1.54, 1.807) is 21.3 Å². The van der Waals surface area contributed by atoms with Gasteiger partial charge < -0.3 is 18.9 Å². The van der Waals surface area contributed by atoms with Crippen LogP contribution < -0.4 is 14.2 Å². The van der Waals surface area contributed by atoms with Crippen LogP contribution in [0.25, 0.3) is 0 Å². The van der Waals surface area contributed by atoms with E-state index in [0.29, 0.717) is 6.61 Å². The first-order valence-corrected chi connectivity index (χ1v) is 10.2. The van der Waals surface area contributed by atoms with Crippen LogP contribution in [0.4, 0.5) is 0 Å². The number of unbranched alkanes of at least 4 members (excludes halogenated alkanes) is 3. The fourth-order valence-corrected chi connectivity index (χ4v) is 3.10. The summed E-state index contributed by atoms with van der Waals surface area (Å²) in [4.78, 5) is 0. The van der Waals surface area contributed by atoms with Crippen molar-refractivity contribution in [1.29, 1.82) is 0 Å². The molecular weight excluding hydrogens is 364 g/mol. The van der Waals surface area contributed by atoms with Gasteiger partial charge in [-0.25, -0.2) is 0 Å². The largest absolute Gasteiger partial charge is 0.496 e. The van der Waals surface area contributed by atoms with Crippen LogP contribution in [0.1, 0.15) is 43.2 Å². The number of benzene rings is 2. The van der Waals surface area contributed by atoms with Gasteiger partial charge in [-0.3, -0.25) is 0 Å². The summed E-state index contributed by atoms with van der Waals surface area (Å²) in [7, 11) is 5.00. The van der Waals surface area contributed by atoms with Crippen LogP contribution in [0.3, 0.4) is 0 Å². The van der Waals surface area contributed by atoms with E-state index in [1.165, 1.54) is 0 Å². The molecule has 0 heterocycles. The maximum absolute atomic E-state index is 5.68. The van der Waals surface area contributed by atoms with E-state index < -0.39 is 0 Å². The molecule has 0 spiro atoms. The van der Waals surface area contributed by atoms with Crippen molar-refractivity contribution in [3.8, 4) is 29.1 Å². The molecule has 2 rings (SSSR count). The Labute approximate surface area is 175 Å². The Hall–Kier alpha value is -2.64. The third kappa shape index (κ3) is 8.09. The molecule has 0 aliphatic rings. The van der Waals surface area contributed by atoms with Crippen molar-refractivity contribution in [2.45, 2.75) is 38.5 Å². The van der Waals surface area contributed by atoms with Crippen LogP contribution in [-0.4, -0.2) is 34.5 Å². The lowest BCUT2D eigenvalue weighted by Crippen LogP contribution is -1.99. The van der Waals surface area contributed by atoms with Gasteiger partial charge in [-0.05, 0) is 31.4 Å². The summed E-state index contributed by atoms with van der Waals surface area (Å²) in [6.07, 6.45) is 6.15. The van der Waals surface area contributed by atoms with Crippen molar-refractivity contribution in [3.05, 3.63) is 53.6 Å². The molecule has 0 unspecified atom stereocenters. The van der Waals surface area contributed by atoms with E-state index in [1.807, 2.05) is 42.5 Å². The molecule has 0 radical (unpaired) electrons. The Morgan fingerprint density at radius 1 is 0.759 bits per heavy atom. The van der Waals surface area contributed by atoms with Crippen LogP contribution in [0.2, 0.25) is 0 Å². The zero-order chi connectivity index (χ0) is 20.7. The molecule has 0 saturated heterocycles. The Bertz CT molecular complexity index is 749. The predicted molar refractivity (Wildman–Crippen MR) is 117 cm³/mol. The van der Waals surface area contributed by atoms with E-state index in [2.05, 4.69) is 11.8 Å². The van der Waals surface area contributed by atoms with Gasteiger partial charge in [0.2, 0.25) is 0 Å². The average molecular weight is 397 g/mol. The molecule has 0 aliphatic carbocycles. The first-order chi connectivity index (χ1) is 14.3. The van der Waals surface area contributed by atoms with Gasteiger partial charge in [0.05, 0.1) is 27.9 Å². The van der Waals surface area contributed by atoms with Crippen LogP contribution >= 0.6 is 0 Å². The van der Waals surface area contributed by atoms with Crippen LogP contribution in [-0.2, 0) is 11.2 Å². The normalized spacial score (nSPS) is 10.2. The van der Waals surface area contributed by atoms with Crippen molar-refractivity contribution >= 4 is 0 Å². The second-order valence-electron chi connectivity index (χ2n) is 6.70. The summed E-state index contributed by atoms with van der Waals surface area (Å²) in [6, 6.07) is 13.9. The lowest BCUT2D eigenvalue weighted by Gasteiger charge is -2.15. The fourth-order valence-electron chi connectivity index (χ4n) is 3.10. The molecule has 0 saturated carbocycles. The molecule has 0 N–H and O–H groups in total. The topological polar surface area (TPSA) is 36.9 Å². The van der Waals surface area contributed by atoms with E-state index in [-0.39, 0.29) is 0 Å². The van der Waals surface area contributed by atoms with Crippen LogP contribution in [0.5, 0.6) is 17.2 Å². The quantitative estimate of drug-likeness (QED) is 0.362. The third-order valence-corrected chi connectivity index (χ3v) is 4.66. The number of hydrogen-bond acceptors (Lipinski definition) is 4. The standard InChI is InChI=1S/C25H32O4/c1-26-22-19-24(27-2)23(25(20-22)28-3)16-9-4-5-11-17-29-18-12-10-15-21-13-7-6-8-14-21/h6-8,13-14,19-20H,4-5,9,11-12,16-18H2,1-3H3. The number of ether oxygens (including phenoxy) is 4. The van der Waals surface area contributed by atoms with Gasteiger partial charge in [-0.2, -0.15) is 0 Å². The summed E-state index contributed by atoms with van der Waals surface area (Å²) in [5.41, 5.74) is 2.15. The molecular formula is C25H32O4. The molecule has 0 amide bonds. The second kappa shape index (κ2) is 13.5. The molecule has 0 atom stereocenters. The van der Waals surface area contributed by atoms with Crippen molar-refractivity contribution in [2.24, 2.45) is 0 Å². The van der Waals surface area contributed by atoms with Gasteiger partial charge in [0.1, 0.15) is 17.2 Å². The molecule has 2 aromatic carbocycles. The number of rotatable bonds is 12. The monoisotopic (exact) mass is 396 g/mol. The molecule has 0 fully saturated rings. The summed E-state index contributed by atoms with van der Waals surface area (Å²) in [6.45, 7) is 1.49. The minimum Gasteiger partial charge on any atom is -0.496 e. The Balaban J connectivity index is 1.59. The van der Waals surface area contributed by atoms with E-state index in [0.717, 1.165) is 73.5 Å². The molecule has 29 heavy (non-hydrogen) atoms. The first-order valence-electron chi connectivity index (χ1n) is 10.2. The predicted octanol–water partition coefficient (Wildman–Crippen LogP) is 5.27. The van der Waals surface area contributed by atoms with Crippen molar-refractivity contribution in [2.75, 3.05) is 34.5 Å².